The fourth-order valence-electron chi connectivity index (χ4n) is 1.57. The van der Waals surface area contributed by atoms with Gasteiger partial charge in [-0.05, 0) is 26.3 Å². The van der Waals surface area contributed by atoms with Crippen molar-refractivity contribution in [3.05, 3.63) is 16.0 Å². The number of hydrogen-bond acceptors (Lipinski definition) is 7. The van der Waals surface area contributed by atoms with E-state index < -0.39 is 17.8 Å². The number of carbonyl (C=O) groups excluding carboxylic acids is 4. The summed E-state index contributed by atoms with van der Waals surface area (Å²) in [4.78, 5) is 45.4. The number of esters is 2. The van der Waals surface area contributed by atoms with Gasteiger partial charge in [0.1, 0.15) is 9.88 Å². The highest BCUT2D eigenvalue weighted by Crippen LogP contribution is 2.34. The van der Waals surface area contributed by atoms with E-state index in [-0.39, 0.29) is 28.7 Å². The number of anilines is 1. The van der Waals surface area contributed by atoms with E-state index in [1.165, 1.54) is 6.92 Å². The molecule has 0 aliphatic carbocycles. The van der Waals surface area contributed by atoms with Crippen molar-refractivity contribution in [2.75, 3.05) is 18.5 Å². The molecule has 0 aromatic carbocycles. The molecule has 0 saturated heterocycles. The standard InChI is InChI=1S/C13H14NO6S/c1-4-19-12(17)9-7(3)10(13(18)20-5-2)21-11(9)14-8(16)6-15/h4-5H2,1-3H3,(H,14,16). The maximum Gasteiger partial charge on any atom is 0.348 e. The minimum atomic E-state index is -1.04. The van der Waals surface area contributed by atoms with Gasteiger partial charge >= 0.3 is 17.8 Å². The van der Waals surface area contributed by atoms with E-state index >= 15 is 0 Å². The molecular formula is C13H14NO6S. The maximum absolute atomic E-state index is 11.9. The molecule has 0 spiro atoms. The van der Waals surface area contributed by atoms with Crippen molar-refractivity contribution in [2.45, 2.75) is 20.8 Å². The molecular weight excluding hydrogens is 298 g/mol. The van der Waals surface area contributed by atoms with Crippen LogP contribution in [0.5, 0.6) is 0 Å². The molecule has 0 aliphatic rings. The Morgan fingerprint density at radius 1 is 1.14 bits per heavy atom. The van der Waals surface area contributed by atoms with Gasteiger partial charge in [0.2, 0.25) is 0 Å². The minimum absolute atomic E-state index is 0.0357. The Kier molecular flexibility index (Phi) is 6.04. The molecule has 1 heterocycles. The second kappa shape index (κ2) is 7.53. The average Bonchev–Trinajstić information content (AvgIpc) is 2.76. The average molecular weight is 312 g/mol. The number of carbonyl (C=O) groups is 3. The molecule has 8 heteroatoms. The molecule has 1 N–H and O–H groups in total. The third kappa shape index (κ3) is 3.88. The van der Waals surface area contributed by atoms with E-state index in [1.807, 2.05) is 0 Å². The van der Waals surface area contributed by atoms with Crippen molar-refractivity contribution in [2.24, 2.45) is 0 Å². The van der Waals surface area contributed by atoms with Crippen LogP contribution in [0.3, 0.4) is 0 Å². The summed E-state index contributed by atoms with van der Waals surface area (Å²) in [6, 6.07) is 0. The number of nitrogens with one attached hydrogen (secondary N) is 1. The monoisotopic (exact) mass is 312 g/mol. The van der Waals surface area contributed by atoms with Gasteiger partial charge in [-0.25, -0.2) is 9.59 Å². The summed E-state index contributed by atoms with van der Waals surface area (Å²) in [5.41, 5.74) is 0.367. The van der Waals surface area contributed by atoms with Crippen LogP contribution in [0.4, 0.5) is 5.00 Å². The first kappa shape index (κ1) is 16.8. The first-order valence-electron chi connectivity index (χ1n) is 6.12. The van der Waals surface area contributed by atoms with Gasteiger partial charge in [0.05, 0.1) is 18.8 Å². The van der Waals surface area contributed by atoms with Crippen LogP contribution in [0.1, 0.15) is 39.4 Å². The maximum atomic E-state index is 11.9. The number of rotatable bonds is 6. The van der Waals surface area contributed by atoms with Gasteiger partial charge in [-0.3, -0.25) is 9.59 Å². The summed E-state index contributed by atoms with van der Waals surface area (Å²) in [7, 11) is 0. The summed E-state index contributed by atoms with van der Waals surface area (Å²) in [5, 5.41) is 2.26. The van der Waals surface area contributed by atoms with Crippen LogP contribution < -0.4 is 5.32 Å². The van der Waals surface area contributed by atoms with Crippen molar-refractivity contribution in [3.63, 3.8) is 0 Å². The lowest BCUT2D eigenvalue weighted by atomic mass is 10.1. The van der Waals surface area contributed by atoms with Crippen LogP contribution in [0, 0.1) is 6.92 Å². The predicted molar refractivity (Wildman–Crippen MR) is 75.3 cm³/mol. The quantitative estimate of drug-likeness (QED) is 0.630. The van der Waals surface area contributed by atoms with Crippen molar-refractivity contribution < 1.29 is 28.7 Å². The highest BCUT2D eigenvalue weighted by molar-refractivity contribution is 7.18. The minimum Gasteiger partial charge on any atom is -0.462 e. The van der Waals surface area contributed by atoms with E-state index in [0.29, 0.717) is 5.56 Å². The van der Waals surface area contributed by atoms with Gasteiger partial charge in [0.15, 0.2) is 0 Å². The summed E-state index contributed by atoms with van der Waals surface area (Å²) in [5.74, 6) is -2.35. The fraction of sp³-hybridized carbons (Fsp3) is 0.385. The molecule has 1 amide bonds. The van der Waals surface area contributed by atoms with Gasteiger partial charge in [0.25, 0.3) is 6.29 Å². The number of thiophene rings is 1. The topological polar surface area (TPSA) is 98.8 Å². The molecule has 1 radical (unpaired) electrons. The molecule has 1 aromatic heterocycles. The molecule has 0 unspecified atom stereocenters. The van der Waals surface area contributed by atoms with E-state index in [9.17, 15) is 19.2 Å². The summed E-state index contributed by atoms with van der Waals surface area (Å²) in [6.45, 7) is 5.13. The zero-order chi connectivity index (χ0) is 16.0. The molecule has 1 aromatic rings. The second-order valence-corrected chi connectivity index (χ2v) is 4.78. The van der Waals surface area contributed by atoms with E-state index in [2.05, 4.69) is 5.32 Å². The molecule has 1 rings (SSSR count). The Morgan fingerprint density at radius 2 is 1.71 bits per heavy atom. The van der Waals surface area contributed by atoms with E-state index in [4.69, 9.17) is 9.47 Å². The Balaban J connectivity index is 3.29. The highest BCUT2D eigenvalue weighted by atomic mass is 32.1. The van der Waals surface area contributed by atoms with E-state index in [1.54, 1.807) is 13.8 Å². The van der Waals surface area contributed by atoms with Crippen LogP contribution in [-0.2, 0) is 19.1 Å². The molecule has 0 saturated carbocycles. The lowest BCUT2D eigenvalue weighted by Gasteiger charge is -2.04. The molecule has 0 bridgehead atoms. The normalized spacial score (nSPS) is 9.86. The fourth-order valence-corrected chi connectivity index (χ4v) is 2.65. The number of hydrogen-bond donors (Lipinski definition) is 1. The van der Waals surface area contributed by atoms with E-state index in [0.717, 1.165) is 17.6 Å². The third-order valence-electron chi connectivity index (χ3n) is 2.41. The SMILES string of the molecule is CCOC(=O)c1sc(NC(=O)[C]=O)c(C(=O)OCC)c1C. The van der Waals surface area contributed by atoms with Gasteiger partial charge in [0, 0.05) is 0 Å². The molecule has 113 valence electrons. The smallest absolute Gasteiger partial charge is 0.348 e. The van der Waals surface area contributed by atoms with Crippen molar-refractivity contribution in [3.8, 4) is 0 Å². The molecule has 7 nitrogen and oxygen atoms in total. The first-order chi connectivity index (χ1) is 9.96. The number of amides is 1. The molecule has 0 atom stereocenters. The van der Waals surface area contributed by atoms with Gasteiger partial charge < -0.3 is 14.8 Å². The molecule has 21 heavy (non-hydrogen) atoms. The Bertz CT molecular complexity index is 577. The van der Waals surface area contributed by atoms with Gasteiger partial charge in [-0.15, -0.1) is 11.3 Å². The first-order valence-corrected chi connectivity index (χ1v) is 6.94. The summed E-state index contributed by atoms with van der Waals surface area (Å²) in [6.07, 6.45) is 1.13. The molecule has 0 fully saturated rings. The third-order valence-corrected chi connectivity index (χ3v) is 3.59. The summed E-state index contributed by atoms with van der Waals surface area (Å²) >= 11 is 0.846. The predicted octanol–water partition coefficient (Wildman–Crippen LogP) is 1.46. The lowest BCUT2D eigenvalue weighted by molar-refractivity contribution is -0.110. The Morgan fingerprint density at radius 3 is 2.24 bits per heavy atom. The zero-order valence-electron chi connectivity index (χ0n) is 11.8. The van der Waals surface area contributed by atoms with Crippen molar-refractivity contribution in [1.29, 1.82) is 0 Å². The van der Waals surface area contributed by atoms with Crippen LogP contribution in [0.2, 0.25) is 0 Å². The van der Waals surface area contributed by atoms with Crippen LogP contribution in [0.25, 0.3) is 0 Å². The van der Waals surface area contributed by atoms with Crippen molar-refractivity contribution in [1.82, 2.24) is 0 Å². The van der Waals surface area contributed by atoms with Crippen LogP contribution in [0.15, 0.2) is 0 Å². The highest BCUT2D eigenvalue weighted by Gasteiger charge is 2.27. The lowest BCUT2D eigenvalue weighted by Crippen LogP contribution is -2.15. The van der Waals surface area contributed by atoms with Crippen LogP contribution in [-0.4, -0.2) is 37.3 Å². The molecule has 0 aliphatic heterocycles. The largest absolute Gasteiger partial charge is 0.462 e. The van der Waals surface area contributed by atoms with Gasteiger partial charge in [-0.1, -0.05) is 0 Å². The second-order valence-electron chi connectivity index (χ2n) is 3.76. The van der Waals surface area contributed by atoms with Gasteiger partial charge in [-0.2, -0.15) is 0 Å². The number of ether oxygens (including phenoxy) is 2. The van der Waals surface area contributed by atoms with Crippen LogP contribution >= 0.6 is 11.3 Å². The summed E-state index contributed by atoms with van der Waals surface area (Å²) < 4.78 is 9.76. The zero-order valence-corrected chi connectivity index (χ0v) is 12.6. The Labute approximate surface area is 125 Å². The van der Waals surface area contributed by atoms with Crippen molar-refractivity contribution >= 4 is 40.5 Å². The Hall–Kier alpha value is -2.22.